The standard InChI is InChI=1S/C18H22ClN3O5S2/c1-4-22(5-2)29(26,27)15-9-6-13(7-10-15)20-18(23)16-12-14(8-11-17(16)19)21-28(3,24)25/h6-12,21H,4-5H2,1-3H3,(H,20,23). The Morgan fingerprint density at radius 3 is 2.03 bits per heavy atom. The second-order valence-corrected chi connectivity index (χ2v) is 10.2. The van der Waals surface area contributed by atoms with Crippen LogP contribution in [-0.2, 0) is 20.0 Å². The lowest BCUT2D eigenvalue weighted by Crippen LogP contribution is -2.30. The van der Waals surface area contributed by atoms with Crippen LogP contribution in [0.15, 0.2) is 47.4 Å². The predicted molar refractivity (Wildman–Crippen MR) is 114 cm³/mol. The van der Waals surface area contributed by atoms with E-state index in [-0.39, 0.29) is 21.2 Å². The van der Waals surface area contributed by atoms with Gasteiger partial charge in [0.05, 0.1) is 21.7 Å². The first-order valence-electron chi connectivity index (χ1n) is 8.66. The van der Waals surface area contributed by atoms with E-state index in [1.165, 1.54) is 46.8 Å². The van der Waals surface area contributed by atoms with E-state index >= 15 is 0 Å². The molecule has 0 aromatic heterocycles. The van der Waals surface area contributed by atoms with Crippen molar-refractivity contribution in [1.29, 1.82) is 0 Å². The quantitative estimate of drug-likeness (QED) is 0.630. The Labute approximate surface area is 176 Å². The van der Waals surface area contributed by atoms with Gasteiger partial charge in [-0.25, -0.2) is 16.8 Å². The molecule has 0 fully saturated rings. The zero-order valence-electron chi connectivity index (χ0n) is 16.1. The highest BCUT2D eigenvalue weighted by atomic mass is 35.5. The van der Waals surface area contributed by atoms with Gasteiger partial charge in [0.2, 0.25) is 20.0 Å². The first-order valence-corrected chi connectivity index (χ1v) is 12.4. The number of sulfonamides is 2. The van der Waals surface area contributed by atoms with Crippen LogP contribution in [0.5, 0.6) is 0 Å². The molecule has 2 aromatic carbocycles. The zero-order valence-corrected chi connectivity index (χ0v) is 18.5. The number of nitrogens with one attached hydrogen (secondary N) is 2. The van der Waals surface area contributed by atoms with Gasteiger partial charge in [0.1, 0.15) is 0 Å². The molecule has 0 saturated carbocycles. The summed E-state index contributed by atoms with van der Waals surface area (Å²) < 4.78 is 51.4. The molecule has 1 amide bonds. The van der Waals surface area contributed by atoms with Crippen molar-refractivity contribution < 1.29 is 21.6 Å². The number of nitrogens with zero attached hydrogens (tertiary/aromatic N) is 1. The molecule has 0 aliphatic carbocycles. The van der Waals surface area contributed by atoms with Gasteiger partial charge in [-0.1, -0.05) is 25.4 Å². The van der Waals surface area contributed by atoms with E-state index in [2.05, 4.69) is 10.0 Å². The molecular formula is C18H22ClN3O5S2. The van der Waals surface area contributed by atoms with Crippen molar-refractivity contribution in [3.63, 3.8) is 0 Å². The Hall–Kier alpha value is -2.14. The van der Waals surface area contributed by atoms with Crippen LogP contribution in [0, 0.1) is 0 Å². The summed E-state index contributed by atoms with van der Waals surface area (Å²) in [5.41, 5.74) is 0.633. The molecule has 29 heavy (non-hydrogen) atoms. The molecule has 0 aliphatic rings. The average Bonchev–Trinajstić information content (AvgIpc) is 2.63. The highest BCUT2D eigenvalue weighted by molar-refractivity contribution is 7.92. The Balaban J connectivity index is 2.23. The van der Waals surface area contributed by atoms with E-state index in [1.54, 1.807) is 13.8 Å². The summed E-state index contributed by atoms with van der Waals surface area (Å²) in [4.78, 5) is 12.7. The minimum atomic E-state index is -3.59. The molecule has 0 heterocycles. The maximum Gasteiger partial charge on any atom is 0.257 e. The summed E-state index contributed by atoms with van der Waals surface area (Å²) in [6, 6.07) is 9.93. The van der Waals surface area contributed by atoms with Crippen molar-refractivity contribution in [2.24, 2.45) is 0 Å². The Morgan fingerprint density at radius 1 is 0.966 bits per heavy atom. The number of anilines is 2. The van der Waals surface area contributed by atoms with E-state index < -0.39 is 26.0 Å². The maximum atomic E-state index is 12.5. The fraction of sp³-hybridized carbons (Fsp3) is 0.278. The van der Waals surface area contributed by atoms with Crippen LogP contribution in [0.4, 0.5) is 11.4 Å². The number of halogens is 1. The summed E-state index contributed by atoms with van der Waals surface area (Å²) in [5, 5.41) is 2.76. The highest BCUT2D eigenvalue weighted by Gasteiger charge is 2.21. The van der Waals surface area contributed by atoms with E-state index in [1.807, 2.05) is 0 Å². The topological polar surface area (TPSA) is 113 Å². The Bertz CT molecular complexity index is 1100. The molecule has 0 atom stereocenters. The van der Waals surface area contributed by atoms with E-state index in [0.717, 1.165) is 6.26 Å². The largest absolute Gasteiger partial charge is 0.322 e. The van der Waals surface area contributed by atoms with Crippen molar-refractivity contribution in [1.82, 2.24) is 4.31 Å². The molecule has 11 heteroatoms. The van der Waals surface area contributed by atoms with Crippen LogP contribution in [0.2, 0.25) is 5.02 Å². The number of carbonyl (C=O) groups excluding carboxylic acids is 1. The summed E-state index contributed by atoms with van der Waals surface area (Å²) in [6.45, 7) is 4.22. The second-order valence-electron chi connectivity index (χ2n) is 6.14. The van der Waals surface area contributed by atoms with Crippen molar-refractivity contribution in [2.45, 2.75) is 18.7 Å². The number of hydrogen-bond donors (Lipinski definition) is 2. The Morgan fingerprint density at radius 2 is 1.52 bits per heavy atom. The minimum Gasteiger partial charge on any atom is -0.322 e. The lowest BCUT2D eigenvalue weighted by atomic mass is 10.2. The van der Waals surface area contributed by atoms with Gasteiger partial charge in [0.25, 0.3) is 5.91 Å². The van der Waals surface area contributed by atoms with E-state index in [9.17, 15) is 21.6 Å². The summed E-state index contributed by atoms with van der Waals surface area (Å²) >= 11 is 6.06. The van der Waals surface area contributed by atoms with Gasteiger partial charge in [-0.3, -0.25) is 9.52 Å². The number of carbonyl (C=O) groups is 1. The maximum absolute atomic E-state index is 12.5. The highest BCUT2D eigenvalue weighted by Crippen LogP contribution is 2.23. The predicted octanol–water partition coefficient (Wildman–Crippen LogP) is 2.99. The van der Waals surface area contributed by atoms with Gasteiger partial charge in [0, 0.05) is 24.5 Å². The third kappa shape index (κ3) is 5.92. The molecular weight excluding hydrogens is 438 g/mol. The molecule has 0 saturated heterocycles. The second kappa shape index (κ2) is 9.12. The lowest BCUT2D eigenvalue weighted by molar-refractivity contribution is 0.102. The minimum absolute atomic E-state index is 0.0696. The molecule has 0 unspecified atom stereocenters. The van der Waals surface area contributed by atoms with Crippen molar-refractivity contribution in [2.75, 3.05) is 29.4 Å². The molecule has 0 bridgehead atoms. The molecule has 2 rings (SSSR count). The first kappa shape index (κ1) is 23.1. The van der Waals surface area contributed by atoms with Crippen molar-refractivity contribution in [3.05, 3.63) is 53.1 Å². The SMILES string of the molecule is CCN(CC)S(=O)(=O)c1ccc(NC(=O)c2cc(NS(C)(=O)=O)ccc2Cl)cc1. The van der Waals surface area contributed by atoms with Gasteiger partial charge in [-0.05, 0) is 42.5 Å². The van der Waals surface area contributed by atoms with E-state index in [4.69, 9.17) is 11.6 Å². The lowest BCUT2D eigenvalue weighted by Gasteiger charge is -2.18. The first-order chi connectivity index (χ1) is 13.5. The molecule has 0 aliphatic heterocycles. The van der Waals surface area contributed by atoms with Crippen LogP contribution >= 0.6 is 11.6 Å². The fourth-order valence-corrected chi connectivity index (χ4v) is 4.81. The summed E-state index contributed by atoms with van der Waals surface area (Å²) in [7, 11) is -7.10. The van der Waals surface area contributed by atoms with Crippen LogP contribution in [-0.4, -0.2) is 46.4 Å². The molecule has 2 aromatic rings. The third-order valence-corrected chi connectivity index (χ3v) is 6.97. The number of amides is 1. The molecule has 2 N–H and O–H groups in total. The number of rotatable bonds is 8. The van der Waals surface area contributed by atoms with Crippen LogP contribution in [0.1, 0.15) is 24.2 Å². The van der Waals surface area contributed by atoms with Gasteiger partial charge in [0.15, 0.2) is 0 Å². The van der Waals surface area contributed by atoms with Crippen molar-refractivity contribution >= 4 is 48.9 Å². The zero-order chi connectivity index (χ0) is 21.8. The third-order valence-electron chi connectivity index (χ3n) is 3.97. The smallest absolute Gasteiger partial charge is 0.257 e. The van der Waals surface area contributed by atoms with Gasteiger partial charge in [-0.15, -0.1) is 0 Å². The molecule has 158 valence electrons. The molecule has 8 nitrogen and oxygen atoms in total. The summed E-state index contributed by atoms with van der Waals surface area (Å²) in [5.74, 6) is -0.563. The van der Waals surface area contributed by atoms with Gasteiger partial charge in [-0.2, -0.15) is 4.31 Å². The Kier molecular flexibility index (Phi) is 7.28. The average molecular weight is 460 g/mol. The number of hydrogen-bond acceptors (Lipinski definition) is 5. The fourth-order valence-electron chi connectivity index (χ4n) is 2.60. The molecule has 0 radical (unpaired) electrons. The van der Waals surface area contributed by atoms with E-state index in [0.29, 0.717) is 18.8 Å². The van der Waals surface area contributed by atoms with Crippen molar-refractivity contribution in [3.8, 4) is 0 Å². The normalized spacial score (nSPS) is 12.0. The summed E-state index contributed by atoms with van der Waals surface area (Å²) in [6.07, 6.45) is 0.995. The monoisotopic (exact) mass is 459 g/mol. The van der Waals surface area contributed by atoms with Crippen LogP contribution in [0.25, 0.3) is 0 Å². The van der Waals surface area contributed by atoms with Gasteiger partial charge < -0.3 is 5.32 Å². The number of benzene rings is 2. The van der Waals surface area contributed by atoms with Crippen LogP contribution in [0.3, 0.4) is 0 Å². The van der Waals surface area contributed by atoms with Crippen LogP contribution < -0.4 is 10.0 Å². The van der Waals surface area contributed by atoms with Gasteiger partial charge >= 0.3 is 0 Å². The molecule has 0 spiro atoms.